The van der Waals surface area contributed by atoms with Crippen molar-refractivity contribution in [2.45, 2.75) is 6.42 Å². The van der Waals surface area contributed by atoms with Crippen LogP contribution in [0.25, 0.3) is 0 Å². The molecule has 1 heterocycles. The summed E-state index contributed by atoms with van der Waals surface area (Å²) < 4.78 is 0. The number of hydrogen-bond acceptors (Lipinski definition) is 2. The monoisotopic (exact) mass is 210 g/mol. The molecule has 0 aliphatic carbocycles. The number of hydrogen-bond donors (Lipinski definition) is 1. The van der Waals surface area contributed by atoms with Gasteiger partial charge in [-0.2, -0.15) is 0 Å². The van der Waals surface area contributed by atoms with Crippen LogP contribution in [0.15, 0.2) is 48.5 Å². The normalized spacial score (nSPS) is 13.9. The molecule has 0 saturated carbocycles. The van der Waals surface area contributed by atoms with Crippen LogP contribution in [0.2, 0.25) is 0 Å². The molecule has 16 heavy (non-hydrogen) atoms. The number of anilines is 3. The zero-order valence-electron chi connectivity index (χ0n) is 9.06. The van der Waals surface area contributed by atoms with E-state index >= 15 is 0 Å². The standard InChI is InChI=1S/C14H14N2/c15-13-8-4-5-11-9-10-16(14(11)13)12-6-2-1-3-7-12/h1-8H,9-10,15H2. The lowest BCUT2D eigenvalue weighted by atomic mass is 10.1. The maximum Gasteiger partial charge on any atom is 0.0677 e. The Morgan fingerprint density at radius 3 is 2.56 bits per heavy atom. The maximum absolute atomic E-state index is 6.06. The van der Waals surface area contributed by atoms with Gasteiger partial charge in [0, 0.05) is 12.2 Å². The first-order valence-corrected chi connectivity index (χ1v) is 5.56. The molecular weight excluding hydrogens is 196 g/mol. The quantitative estimate of drug-likeness (QED) is 0.733. The Balaban J connectivity index is 2.10. The van der Waals surface area contributed by atoms with Crippen molar-refractivity contribution in [2.24, 2.45) is 0 Å². The number of benzene rings is 2. The number of fused-ring (bicyclic) bond motifs is 1. The summed E-state index contributed by atoms with van der Waals surface area (Å²) >= 11 is 0. The van der Waals surface area contributed by atoms with Crippen LogP contribution in [0.5, 0.6) is 0 Å². The Bertz CT molecular complexity index is 505. The fraction of sp³-hybridized carbons (Fsp3) is 0.143. The molecule has 2 N–H and O–H groups in total. The van der Waals surface area contributed by atoms with E-state index in [0.717, 1.165) is 18.7 Å². The Labute approximate surface area is 95.3 Å². The summed E-state index contributed by atoms with van der Waals surface area (Å²) in [6, 6.07) is 16.6. The minimum atomic E-state index is 0.874. The number of para-hydroxylation sites is 2. The van der Waals surface area contributed by atoms with Gasteiger partial charge in [0.25, 0.3) is 0 Å². The topological polar surface area (TPSA) is 29.3 Å². The smallest absolute Gasteiger partial charge is 0.0677 e. The molecular formula is C14H14N2. The SMILES string of the molecule is Nc1cccc2c1N(c1ccccc1)CC2. The van der Waals surface area contributed by atoms with Crippen LogP contribution in [-0.2, 0) is 6.42 Å². The third kappa shape index (κ3) is 1.34. The lowest BCUT2D eigenvalue weighted by Gasteiger charge is -2.20. The maximum atomic E-state index is 6.06. The second-order valence-electron chi connectivity index (χ2n) is 4.09. The van der Waals surface area contributed by atoms with Crippen LogP contribution >= 0.6 is 0 Å². The first-order chi connectivity index (χ1) is 7.86. The van der Waals surface area contributed by atoms with E-state index in [1.807, 2.05) is 18.2 Å². The third-order valence-corrected chi connectivity index (χ3v) is 3.09. The van der Waals surface area contributed by atoms with E-state index in [2.05, 4.69) is 35.2 Å². The Hall–Kier alpha value is -1.96. The van der Waals surface area contributed by atoms with Crippen LogP contribution in [-0.4, -0.2) is 6.54 Å². The molecule has 0 spiro atoms. The van der Waals surface area contributed by atoms with Crippen molar-refractivity contribution in [2.75, 3.05) is 17.2 Å². The molecule has 0 atom stereocenters. The van der Waals surface area contributed by atoms with Gasteiger partial charge in [-0.05, 0) is 30.2 Å². The first-order valence-electron chi connectivity index (χ1n) is 5.56. The van der Waals surface area contributed by atoms with Gasteiger partial charge in [-0.3, -0.25) is 0 Å². The van der Waals surface area contributed by atoms with E-state index in [0.29, 0.717) is 0 Å². The van der Waals surface area contributed by atoms with Gasteiger partial charge in [0.1, 0.15) is 0 Å². The van der Waals surface area contributed by atoms with E-state index in [-0.39, 0.29) is 0 Å². The van der Waals surface area contributed by atoms with Crippen molar-refractivity contribution >= 4 is 17.1 Å². The second kappa shape index (κ2) is 3.56. The van der Waals surface area contributed by atoms with Gasteiger partial charge in [-0.15, -0.1) is 0 Å². The summed E-state index contributed by atoms with van der Waals surface area (Å²) in [5, 5.41) is 0. The second-order valence-corrected chi connectivity index (χ2v) is 4.09. The highest BCUT2D eigenvalue weighted by molar-refractivity contribution is 5.80. The summed E-state index contributed by atoms with van der Waals surface area (Å²) in [6.07, 6.45) is 1.08. The summed E-state index contributed by atoms with van der Waals surface area (Å²) in [5.41, 5.74) is 10.7. The molecule has 2 aromatic rings. The van der Waals surface area contributed by atoms with Gasteiger partial charge in [-0.25, -0.2) is 0 Å². The lowest BCUT2D eigenvalue weighted by molar-refractivity contribution is 0.999. The molecule has 2 heteroatoms. The highest BCUT2D eigenvalue weighted by Gasteiger charge is 2.21. The van der Waals surface area contributed by atoms with Crippen LogP contribution in [0.4, 0.5) is 17.1 Å². The Kier molecular flexibility index (Phi) is 2.07. The summed E-state index contributed by atoms with van der Waals surface area (Å²) in [4.78, 5) is 2.30. The zero-order valence-corrected chi connectivity index (χ0v) is 9.06. The molecule has 3 rings (SSSR count). The lowest BCUT2D eigenvalue weighted by Crippen LogP contribution is -2.14. The summed E-state index contributed by atoms with van der Waals surface area (Å²) in [5.74, 6) is 0. The fourth-order valence-corrected chi connectivity index (χ4v) is 2.35. The van der Waals surface area contributed by atoms with Gasteiger partial charge in [0.15, 0.2) is 0 Å². The van der Waals surface area contributed by atoms with Gasteiger partial charge in [-0.1, -0.05) is 30.3 Å². The third-order valence-electron chi connectivity index (χ3n) is 3.09. The predicted molar refractivity (Wildman–Crippen MR) is 68.0 cm³/mol. The van der Waals surface area contributed by atoms with Crippen LogP contribution in [0.3, 0.4) is 0 Å². The highest BCUT2D eigenvalue weighted by atomic mass is 15.2. The molecule has 2 aromatic carbocycles. The molecule has 80 valence electrons. The highest BCUT2D eigenvalue weighted by Crippen LogP contribution is 2.38. The largest absolute Gasteiger partial charge is 0.397 e. The molecule has 1 aliphatic heterocycles. The number of rotatable bonds is 1. The van der Waals surface area contributed by atoms with Crippen molar-refractivity contribution < 1.29 is 0 Å². The van der Waals surface area contributed by atoms with Crippen molar-refractivity contribution in [3.8, 4) is 0 Å². The van der Waals surface area contributed by atoms with Gasteiger partial charge >= 0.3 is 0 Å². The van der Waals surface area contributed by atoms with Crippen LogP contribution in [0, 0.1) is 0 Å². The Morgan fingerprint density at radius 1 is 0.938 bits per heavy atom. The van der Waals surface area contributed by atoms with Crippen LogP contribution < -0.4 is 10.6 Å². The van der Waals surface area contributed by atoms with Gasteiger partial charge in [0.05, 0.1) is 11.4 Å². The van der Waals surface area contributed by atoms with E-state index in [1.54, 1.807) is 0 Å². The number of nitrogen functional groups attached to an aromatic ring is 1. The van der Waals surface area contributed by atoms with E-state index < -0.39 is 0 Å². The van der Waals surface area contributed by atoms with Gasteiger partial charge < -0.3 is 10.6 Å². The Morgan fingerprint density at radius 2 is 1.75 bits per heavy atom. The molecule has 1 aliphatic rings. The zero-order chi connectivity index (χ0) is 11.0. The molecule has 2 nitrogen and oxygen atoms in total. The fourth-order valence-electron chi connectivity index (χ4n) is 2.35. The molecule has 0 saturated heterocycles. The molecule has 0 bridgehead atoms. The minimum absolute atomic E-state index is 0.874. The van der Waals surface area contributed by atoms with Gasteiger partial charge in [0.2, 0.25) is 0 Å². The average Bonchev–Trinajstić information content (AvgIpc) is 2.75. The van der Waals surface area contributed by atoms with E-state index in [9.17, 15) is 0 Å². The predicted octanol–water partition coefficient (Wildman–Crippen LogP) is 2.96. The van der Waals surface area contributed by atoms with Crippen molar-refractivity contribution in [1.29, 1.82) is 0 Å². The molecule has 0 unspecified atom stereocenters. The average molecular weight is 210 g/mol. The van der Waals surface area contributed by atoms with Crippen LogP contribution in [0.1, 0.15) is 5.56 Å². The van der Waals surface area contributed by atoms with Crippen molar-refractivity contribution in [1.82, 2.24) is 0 Å². The minimum Gasteiger partial charge on any atom is -0.397 e. The summed E-state index contributed by atoms with van der Waals surface area (Å²) in [7, 11) is 0. The molecule has 0 fully saturated rings. The number of nitrogens with zero attached hydrogens (tertiary/aromatic N) is 1. The molecule has 0 radical (unpaired) electrons. The number of nitrogens with two attached hydrogens (primary N) is 1. The first kappa shape index (κ1) is 9.28. The molecule has 0 aromatic heterocycles. The van der Waals surface area contributed by atoms with E-state index in [4.69, 9.17) is 5.73 Å². The van der Waals surface area contributed by atoms with Crippen molar-refractivity contribution in [3.63, 3.8) is 0 Å². The molecule has 0 amide bonds. The van der Waals surface area contributed by atoms with E-state index in [1.165, 1.54) is 16.9 Å². The van der Waals surface area contributed by atoms with Crippen molar-refractivity contribution in [3.05, 3.63) is 54.1 Å². The summed E-state index contributed by atoms with van der Waals surface area (Å²) in [6.45, 7) is 1.02.